The molecule has 0 aromatic carbocycles. The maximum atomic E-state index is 5.91. The molecule has 1 unspecified atom stereocenters. The second kappa shape index (κ2) is 11.2. The fourth-order valence-corrected chi connectivity index (χ4v) is 3.01. The molecule has 1 aromatic rings. The van der Waals surface area contributed by atoms with Gasteiger partial charge in [0.15, 0.2) is 5.96 Å². The topological polar surface area (TPSA) is 62.0 Å². The number of hydrogen-bond donors (Lipinski definition) is 2. The molecule has 142 valence electrons. The SMILES string of the molecule is CCCCCNC(=NCC(c1ccc(C)o1)N1CCOCC1)NCC. The molecule has 0 bridgehead atoms. The summed E-state index contributed by atoms with van der Waals surface area (Å²) in [5.41, 5.74) is 0. The van der Waals surface area contributed by atoms with Crippen molar-refractivity contribution in [2.45, 2.75) is 46.1 Å². The summed E-state index contributed by atoms with van der Waals surface area (Å²) >= 11 is 0. The van der Waals surface area contributed by atoms with Gasteiger partial charge in [-0.05, 0) is 32.4 Å². The largest absolute Gasteiger partial charge is 0.465 e. The van der Waals surface area contributed by atoms with Gasteiger partial charge in [-0.1, -0.05) is 19.8 Å². The minimum Gasteiger partial charge on any atom is -0.465 e. The number of nitrogens with one attached hydrogen (secondary N) is 2. The third-order valence-electron chi connectivity index (χ3n) is 4.42. The molecular weight excluding hydrogens is 316 g/mol. The van der Waals surface area contributed by atoms with E-state index in [1.807, 2.05) is 13.0 Å². The molecule has 6 nitrogen and oxygen atoms in total. The zero-order chi connectivity index (χ0) is 17.9. The monoisotopic (exact) mass is 350 g/mol. The summed E-state index contributed by atoms with van der Waals surface area (Å²) in [7, 11) is 0. The van der Waals surface area contributed by atoms with E-state index in [2.05, 4.69) is 35.4 Å². The van der Waals surface area contributed by atoms with Crippen LogP contribution in [-0.2, 0) is 4.74 Å². The van der Waals surface area contributed by atoms with Gasteiger partial charge in [-0.15, -0.1) is 0 Å². The number of furan rings is 1. The van der Waals surface area contributed by atoms with Crippen LogP contribution in [0.2, 0.25) is 0 Å². The van der Waals surface area contributed by atoms with Gasteiger partial charge in [0.1, 0.15) is 11.5 Å². The van der Waals surface area contributed by atoms with Crippen molar-refractivity contribution in [1.82, 2.24) is 15.5 Å². The number of morpholine rings is 1. The van der Waals surface area contributed by atoms with Gasteiger partial charge in [0, 0.05) is 26.2 Å². The summed E-state index contributed by atoms with van der Waals surface area (Å²) in [6.07, 6.45) is 3.64. The predicted octanol–water partition coefficient (Wildman–Crippen LogP) is 2.71. The Morgan fingerprint density at radius 3 is 2.64 bits per heavy atom. The summed E-state index contributed by atoms with van der Waals surface area (Å²) in [6, 6.07) is 4.26. The average Bonchev–Trinajstić information content (AvgIpc) is 3.06. The molecule has 1 aliphatic heterocycles. The molecule has 0 spiro atoms. The minimum absolute atomic E-state index is 0.156. The third-order valence-corrected chi connectivity index (χ3v) is 4.42. The lowest BCUT2D eigenvalue weighted by Gasteiger charge is -2.32. The van der Waals surface area contributed by atoms with Crippen LogP contribution >= 0.6 is 0 Å². The lowest BCUT2D eigenvalue weighted by molar-refractivity contribution is 0.0135. The zero-order valence-corrected chi connectivity index (χ0v) is 16.0. The standard InChI is InChI=1S/C19H34N4O2/c1-4-6-7-10-21-19(20-5-2)22-15-17(18-9-8-16(3)25-18)23-11-13-24-14-12-23/h8-9,17H,4-7,10-15H2,1-3H3,(H2,20,21,22). The van der Waals surface area contributed by atoms with Crippen LogP contribution in [0.1, 0.15) is 50.7 Å². The maximum absolute atomic E-state index is 5.91. The van der Waals surface area contributed by atoms with Crippen molar-refractivity contribution in [2.24, 2.45) is 4.99 Å². The lowest BCUT2D eigenvalue weighted by Crippen LogP contribution is -2.41. The Hall–Kier alpha value is -1.53. The van der Waals surface area contributed by atoms with Gasteiger partial charge in [0.2, 0.25) is 0 Å². The number of rotatable bonds is 9. The fraction of sp³-hybridized carbons (Fsp3) is 0.737. The molecule has 2 rings (SSSR count). The highest BCUT2D eigenvalue weighted by Crippen LogP contribution is 2.24. The molecule has 1 atom stereocenters. The molecule has 25 heavy (non-hydrogen) atoms. The van der Waals surface area contributed by atoms with Crippen molar-refractivity contribution < 1.29 is 9.15 Å². The molecule has 1 aliphatic rings. The van der Waals surface area contributed by atoms with E-state index in [0.29, 0.717) is 6.54 Å². The number of unbranched alkanes of at least 4 members (excludes halogenated alkanes) is 2. The van der Waals surface area contributed by atoms with Gasteiger partial charge < -0.3 is 19.8 Å². The Morgan fingerprint density at radius 1 is 1.20 bits per heavy atom. The van der Waals surface area contributed by atoms with E-state index >= 15 is 0 Å². The molecule has 2 heterocycles. The summed E-state index contributed by atoms with van der Waals surface area (Å²) in [6.45, 7) is 12.2. The van der Waals surface area contributed by atoms with E-state index < -0.39 is 0 Å². The van der Waals surface area contributed by atoms with E-state index in [1.165, 1.54) is 19.3 Å². The minimum atomic E-state index is 0.156. The second-order valence-corrected chi connectivity index (χ2v) is 6.47. The maximum Gasteiger partial charge on any atom is 0.191 e. The molecule has 0 aliphatic carbocycles. The van der Waals surface area contributed by atoms with E-state index in [-0.39, 0.29) is 6.04 Å². The van der Waals surface area contributed by atoms with Gasteiger partial charge in [0.05, 0.1) is 25.8 Å². The Kier molecular flexibility index (Phi) is 8.83. The lowest BCUT2D eigenvalue weighted by atomic mass is 10.1. The molecule has 1 fully saturated rings. The fourth-order valence-electron chi connectivity index (χ4n) is 3.01. The molecule has 0 saturated carbocycles. The highest BCUT2D eigenvalue weighted by molar-refractivity contribution is 5.79. The van der Waals surface area contributed by atoms with Crippen molar-refractivity contribution in [3.8, 4) is 0 Å². The van der Waals surface area contributed by atoms with E-state index in [4.69, 9.17) is 14.1 Å². The highest BCUT2D eigenvalue weighted by atomic mass is 16.5. The van der Waals surface area contributed by atoms with E-state index in [0.717, 1.165) is 56.9 Å². The van der Waals surface area contributed by atoms with Crippen molar-refractivity contribution in [3.63, 3.8) is 0 Å². The van der Waals surface area contributed by atoms with Crippen LogP contribution in [0.15, 0.2) is 21.5 Å². The number of hydrogen-bond acceptors (Lipinski definition) is 4. The van der Waals surface area contributed by atoms with Crippen LogP contribution in [0.4, 0.5) is 0 Å². The predicted molar refractivity (Wildman–Crippen MR) is 102 cm³/mol. The third kappa shape index (κ3) is 6.71. The van der Waals surface area contributed by atoms with Crippen LogP contribution in [0, 0.1) is 6.92 Å². The van der Waals surface area contributed by atoms with Gasteiger partial charge >= 0.3 is 0 Å². The first-order valence-corrected chi connectivity index (χ1v) is 9.65. The molecule has 1 saturated heterocycles. The number of aliphatic imine (C=N–C) groups is 1. The van der Waals surface area contributed by atoms with Gasteiger partial charge in [-0.3, -0.25) is 9.89 Å². The average molecular weight is 351 g/mol. The summed E-state index contributed by atoms with van der Waals surface area (Å²) in [4.78, 5) is 7.23. The summed E-state index contributed by atoms with van der Waals surface area (Å²) in [5, 5.41) is 6.78. The number of ether oxygens (including phenoxy) is 1. The normalized spacial score (nSPS) is 17.5. The van der Waals surface area contributed by atoms with Gasteiger partial charge in [0.25, 0.3) is 0 Å². The van der Waals surface area contributed by atoms with Crippen molar-refractivity contribution in [1.29, 1.82) is 0 Å². The molecule has 0 amide bonds. The number of nitrogens with zero attached hydrogens (tertiary/aromatic N) is 2. The Labute approximate surface area is 152 Å². The van der Waals surface area contributed by atoms with Gasteiger partial charge in [-0.25, -0.2) is 0 Å². The zero-order valence-electron chi connectivity index (χ0n) is 16.0. The van der Waals surface area contributed by atoms with Gasteiger partial charge in [-0.2, -0.15) is 0 Å². The summed E-state index contributed by atoms with van der Waals surface area (Å²) in [5.74, 6) is 2.83. The first-order valence-electron chi connectivity index (χ1n) is 9.65. The van der Waals surface area contributed by atoms with Crippen LogP contribution in [0.25, 0.3) is 0 Å². The molecule has 1 aromatic heterocycles. The van der Waals surface area contributed by atoms with Crippen LogP contribution in [-0.4, -0.2) is 56.8 Å². The van der Waals surface area contributed by atoms with E-state index in [9.17, 15) is 0 Å². The second-order valence-electron chi connectivity index (χ2n) is 6.47. The van der Waals surface area contributed by atoms with Crippen molar-refractivity contribution >= 4 is 5.96 Å². The smallest absolute Gasteiger partial charge is 0.191 e. The Balaban J connectivity index is 2.02. The summed E-state index contributed by atoms with van der Waals surface area (Å²) < 4.78 is 11.4. The molecular formula is C19H34N4O2. The van der Waals surface area contributed by atoms with Crippen LogP contribution in [0.5, 0.6) is 0 Å². The molecule has 0 radical (unpaired) electrons. The quantitative estimate of drug-likeness (QED) is 0.407. The Morgan fingerprint density at radius 2 is 2.00 bits per heavy atom. The van der Waals surface area contributed by atoms with Crippen molar-refractivity contribution in [2.75, 3.05) is 45.9 Å². The first kappa shape index (κ1) is 19.8. The Bertz CT molecular complexity index is 509. The van der Waals surface area contributed by atoms with Crippen LogP contribution in [0.3, 0.4) is 0 Å². The number of aryl methyl sites for hydroxylation is 1. The van der Waals surface area contributed by atoms with Crippen LogP contribution < -0.4 is 10.6 Å². The molecule has 6 heteroatoms. The van der Waals surface area contributed by atoms with Crippen molar-refractivity contribution in [3.05, 3.63) is 23.7 Å². The highest BCUT2D eigenvalue weighted by Gasteiger charge is 2.25. The number of guanidine groups is 1. The molecule has 2 N–H and O–H groups in total. The van der Waals surface area contributed by atoms with E-state index in [1.54, 1.807) is 0 Å². The first-order chi connectivity index (χ1) is 12.2.